The molecule has 3 rings (SSSR count). The van der Waals surface area contributed by atoms with Gasteiger partial charge in [-0.25, -0.2) is 4.98 Å². The van der Waals surface area contributed by atoms with Gasteiger partial charge in [0.2, 0.25) is 0 Å². The van der Waals surface area contributed by atoms with Crippen LogP contribution in [0.25, 0.3) is 11.3 Å². The van der Waals surface area contributed by atoms with E-state index in [0.29, 0.717) is 10.8 Å². The minimum atomic E-state index is 0.655. The van der Waals surface area contributed by atoms with E-state index in [4.69, 9.17) is 11.6 Å². The van der Waals surface area contributed by atoms with Crippen LogP contribution in [0.1, 0.15) is 6.42 Å². The maximum absolute atomic E-state index is 6.04. The number of aromatic nitrogens is 3. The van der Waals surface area contributed by atoms with Crippen LogP contribution in [-0.2, 0) is 0 Å². The van der Waals surface area contributed by atoms with Gasteiger partial charge < -0.3 is 15.5 Å². The van der Waals surface area contributed by atoms with Crippen molar-refractivity contribution in [1.29, 1.82) is 0 Å². The second-order valence-corrected chi connectivity index (χ2v) is 6.67. The molecular weight excluding hydrogens is 360 g/mol. The van der Waals surface area contributed by atoms with E-state index in [1.807, 2.05) is 37.5 Å². The second-order valence-electron chi connectivity index (χ2n) is 6.24. The third-order valence-corrected chi connectivity index (χ3v) is 4.35. The molecule has 0 spiro atoms. The summed E-state index contributed by atoms with van der Waals surface area (Å²) < 4.78 is 0. The van der Waals surface area contributed by atoms with E-state index >= 15 is 0 Å². The fourth-order valence-electron chi connectivity index (χ4n) is 2.68. The Kier molecular flexibility index (Phi) is 6.57. The number of hydrogen-bond donors (Lipinski definition) is 2. The lowest BCUT2D eigenvalue weighted by Crippen LogP contribution is -2.22. The standard InChI is InChI=1S/C20H23ClN6/c1-22-7-4-8-27(2)18-9-15(11-23-12-18)19-13-24-14-20(26-19)25-17-6-3-5-16(21)10-17/h3,5-6,9-14,22H,4,7-8H2,1-2H3,(H,25,26). The monoisotopic (exact) mass is 382 g/mol. The van der Waals surface area contributed by atoms with Gasteiger partial charge in [0, 0.05) is 36.1 Å². The van der Waals surface area contributed by atoms with Crippen molar-refractivity contribution in [2.75, 3.05) is 37.4 Å². The molecule has 0 saturated heterocycles. The first-order valence-electron chi connectivity index (χ1n) is 8.81. The number of halogens is 1. The smallest absolute Gasteiger partial charge is 0.149 e. The zero-order chi connectivity index (χ0) is 19.1. The Labute approximate surface area is 164 Å². The van der Waals surface area contributed by atoms with Crippen LogP contribution in [-0.4, -0.2) is 42.1 Å². The van der Waals surface area contributed by atoms with Crippen molar-refractivity contribution in [3.05, 3.63) is 60.1 Å². The molecule has 0 radical (unpaired) electrons. The highest BCUT2D eigenvalue weighted by Gasteiger charge is 2.07. The van der Waals surface area contributed by atoms with Gasteiger partial charge in [-0.3, -0.25) is 9.97 Å². The average molecular weight is 383 g/mol. The van der Waals surface area contributed by atoms with Crippen molar-refractivity contribution < 1.29 is 0 Å². The lowest BCUT2D eigenvalue weighted by Gasteiger charge is -2.19. The molecule has 0 aliphatic carbocycles. The van der Waals surface area contributed by atoms with Crippen molar-refractivity contribution in [3.8, 4) is 11.3 Å². The molecule has 1 aromatic carbocycles. The fourth-order valence-corrected chi connectivity index (χ4v) is 2.87. The van der Waals surface area contributed by atoms with E-state index in [2.05, 4.69) is 43.6 Å². The summed E-state index contributed by atoms with van der Waals surface area (Å²) in [5, 5.41) is 7.07. The molecule has 140 valence electrons. The molecule has 0 aliphatic heterocycles. The molecule has 0 aliphatic rings. The zero-order valence-electron chi connectivity index (χ0n) is 15.5. The number of hydrogen-bond acceptors (Lipinski definition) is 6. The Morgan fingerprint density at radius 3 is 2.74 bits per heavy atom. The lowest BCUT2D eigenvalue weighted by molar-refractivity contribution is 0.712. The number of pyridine rings is 1. The number of nitrogens with zero attached hydrogens (tertiary/aromatic N) is 4. The molecule has 0 bridgehead atoms. The van der Waals surface area contributed by atoms with Crippen molar-refractivity contribution in [2.24, 2.45) is 0 Å². The molecule has 2 aromatic heterocycles. The highest BCUT2D eigenvalue weighted by Crippen LogP contribution is 2.24. The molecule has 2 heterocycles. The van der Waals surface area contributed by atoms with Crippen LogP contribution in [0.2, 0.25) is 5.02 Å². The van der Waals surface area contributed by atoms with Crippen LogP contribution in [0.4, 0.5) is 17.2 Å². The van der Waals surface area contributed by atoms with E-state index in [1.54, 1.807) is 18.6 Å². The number of rotatable bonds is 8. The minimum absolute atomic E-state index is 0.655. The van der Waals surface area contributed by atoms with E-state index < -0.39 is 0 Å². The highest BCUT2D eigenvalue weighted by molar-refractivity contribution is 6.30. The van der Waals surface area contributed by atoms with Crippen molar-refractivity contribution >= 4 is 28.8 Å². The second kappa shape index (κ2) is 9.30. The summed E-state index contributed by atoms with van der Waals surface area (Å²) >= 11 is 6.04. The summed E-state index contributed by atoms with van der Waals surface area (Å²) in [6.45, 7) is 1.94. The quantitative estimate of drug-likeness (QED) is 0.574. The summed E-state index contributed by atoms with van der Waals surface area (Å²) in [5.41, 5.74) is 3.61. The van der Waals surface area contributed by atoms with Gasteiger partial charge in [0.15, 0.2) is 0 Å². The molecule has 7 heteroatoms. The number of benzene rings is 1. The number of nitrogens with one attached hydrogen (secondary N) is 2. The Morgan fingerprint density at radius 1 is 1.07 bits per heavy atom. The Morgan fingerprint density at radius 2 is 1.93 bits per heavy atom. The van der Waals surface area contributed by atoms with Crippen molar-refractivity contribution in [2.45, 2.75) is 6.42 Å². The van der Waals surface area contributed by atoms with Gasteiger partial charge in [-0.05, 0) is 44.3 Å². The van der Waals surface area contributed by atoms with Crippen LogP contribution in [0, 0.1) is 0 Å². The molecule has 0 saturated carbocycles. The first kappa shape index (κ1) is 19.1. The summed E-state index contributed by atoms with van der Waals surface area (Å²) in [6, 6.07) is 9.58. The predicted octanol–water partition coefficient (Wildman–Crippen LogP) is 3.98. The van der Waals surface area contributed by atoms with Crippen LogP contribution in [0.15, 0.2) is 55.1 Å². The molecule has 2 N–H and O–H groups in total. The predicted molar refractivity (Wildman–Crippen MR) is 112 cm³/mol. The summed E-state index contributed by atoms with van der Waals surface area (Å²) in [6.07, 6.45) is 8.16. The third kappa shape index (κ3) is 5.39. The van der Waals surface area contributed by atoms with Gasteiger partial charge in [0.1, 0.15) is 5.82 Å². The van der Waals surface area contributed by atoms with E-state index in [-0.39, 0.29) is 0 Å². The lowest BCUT2D eigenvalue weighted by atomic mass is 10.2. The van der Waals surface area contributed by atoms with E-state index in [0.717, 1.165) is 42.1 Å². The molecule has 0 amide bonds. The van der Waals surface area contributed by atoms with Gasteiger partial charge in [0.05, 0.1) is 30.0 Å². The largest absolute Gasteiger partial charge is 0.373 e. The highest BCUT2D eigenvalue weighted by atomic mass is 35.5. The molecule has 6 nitrogen and oxygen atoms in total. The number of anilines is 3. The first-order chi connectivity index (χ1) is 13.2. The van der Waals surface area contributed by atoms with E-state index in [9.17, 15) is 0 Å². The molecular formula is C20H23ClN6. The minimum Gasteiger partial charge on any atom is -0.373 e. The summed E-state index contributed by atoms with van der Waals surface area (Å²) in [5.74, 6) is 0.655. The maximum Gasteiger partial charge on any atom is 0.149 e. The fraction of sp³-hybridized carbons (Fsp3) is 0.250. The topological polar surface area (TPSA) is 66.0 Å². The summed E-state index contributed by atoms with van der Waals surface area (Å²) in [4.78, 5) is 15.5. The van der Waals surface area contributed by atoms with Gasteiger partial charge in [-0.2, -0.15) is 0 Å². The van der Waals surface area contributed by atoms with E-state index in [1.165, 1.54) is 0 Å². The average Bonchev–Trinajstić information content (AvgIpc) is 2.68. The summed E-state index contributed by atoms with van der Waals surface area (Å²) in [7, 11) is 4.03. The van der Waals surface area contributed by atoms with Gasteiger partial charge in [0.25, 0.3) is 0 Å². The van der Waals surface area contributed by atoms with Crippen LogP contribution in [0.3, 0.4) is 0 Å². The molecule has 0 fully saturated rings. The van der Waals surface area contributed by atoms with Gasteiger partial charge in [-0.1, -0.05) is 17.7 Å². The van der Waals surface area contributed by atoms with Crippen LogP contribution < -0.4 is 15.5 Å². The van der Waals surface area contributed by atoms with Crippen LogP contribution >= 0.6 is 11.6 Å². The Bertz CT molecular complexity index is 886. The molecule has 3 aromatic rings. The van der Waals surface area contributed by atoms with Gasteiger partial charge in [-0.15, -0.1) is 0 Å². The van der Waals surface area contributed by atoms with Crippen molar-refractivity contribution in [1.82, 2.24) is 20.3 Å². The Balaban J connectivity index is 1.77. The Hall–Kier alpha value is -2.70. The molecule has 0 unspecified atom stereocenters. The maximum atomic E-state index is 6.04. The van der Waals surface area contributed by atoms with Crippen molar-refractivity contribution in [3.63, 3.8) is 0 Å². The van der Waals surface area contributed by atoms with Gasteiger partial charge >= 0.3 is 0 Å². The molecule has 0 atom stereocenters. The SMILES string of the molecule is CNCCCN(C)c1cncc(-c2cncc(Nc3cccc(Cl)c3)n2)c1. The molecule has 27 heavy (non-hydrogen) atoms. The first-order valence-corrected chi connectivity index (χ1v) is 9.19. The normalized spacial score (nSPS) is 10.6. The van der Waals surface area contributed by atoms with Crippen LogP contribution in [0.5, 0.6) is 0 Å². The third-order valence-electron chi connectivity index (χ3n) is 4.11. The zero-order valence-corrected chi connectivity index (χ0v) is 16.2.